The van der Waals surface area contributed by atoms with Crippen molar-refractivity contribution < 1.29 is 26.8 Å². The van der Waals surface area contributed by atoms with E-state index < -0.39 is 37.6 Å². The molecule has 166 valence electrons. The molecule has 4 aliphatic rings. The van der Waals surface area contributed by atoms with Crippen LogP contribution in [0.25, 0.3) is 0 Å². The molecule has 1 aromatic rings. The summed E-state index contributed by atoms with van der Waals surface area (Å²) in [6.07, 6.45) is 1.25. The molecular weight excluding hydrogens is 438 g/mol. The maximum Gasteiger partial charge on any atom is 0.352 e. The summed E-state index contributed by atoms with van der Waals surface area (Å²) in [4.78, 5) is 17.6. The second kappa shape index (κ2) is 7.12. The average molecular weight is 463 g/mol. The van der Waals surface area contributed by atoms with Crippen LogP contribution in [-0.4, -0.2) is 49.0 Å². The Morgan fingerprint density at radius 1 is 1.20 bits per heavy atom. The van der Waals surface area contributed by atoms with Crippen LogP contribution in [0.15, 0.2) is 30.3 Å². The summed E-state index contributed by atoms with van der Waals surface area (Å²) in [6.45, 7) is 0. The van der Waals surface area contributed by atoms with Crippen molar-refractivity contribution in [1.29, 1.82) is 0 Å². The summed E-state index contributed by atoms with van der Waals surface area (Å²) < 4.78 is 59.4. The van der Waals surface area contributed by atoms with Crippen molar-refractivity contribution in [2.24, 2.45) is 17.3 Å². The van der Waals surface area contributed by atoms with Crippen LogP contribution in [0.3, 0.4) is 0 Å². The monoisotopic (exact) mass is 462 g/mol. The number of halogens is 3. The zero-order valence-corrected chi connectivity index (χ0v) is 18.3. The Bertz CT molecular complexity index is 931. The topological polar surface area (TPSA) is 75.7 Å². The van der Waals surface area contributed by atoms with E-state index in [4.69, 9.17) is 16.4 Å². The normalized spacial score (nSPS) is 37.2. The second-order valence-electron chi connectivity index (χ2n) is 9.06. The zero-order chi connectivity index (χ0) is 21.9. The predicted octanol–water partition coefficient (Wildman–Crippen LogP) is 3.39. The van der Waals surface area contributed by atoms with Gasteiger partial charge in [-0.1, -0.05) is 18.2 Å². The smallest absolute Gasteiger partial charge is 0.267 e. The van der Waals surface area contributed by atoms with Gasteiger partial charge in [0, 0.05) is 19.7 Å². The second-order valence-corrected chi connectivity index (χ2v) is 11.7. The Morgan fingerprint density at radius 3 is 2.30 bits per heavy atom. The fourth-order valence-electron chi connectivity index (χ4n) is 5.82. The fraction of sp³-hybridized carbons (Fsp3) is 0.650. The van der Waals surface area contributed by atoms with Crippen molar-refractivity contribution in [2.45, 2.75) is 48.3 Å². The molecule has 4 unspecified atom stereocenters. The summed E-state index contributed by atoms with van der Waals surface area (Å²) in [5.74, 6) is -1.17. The van der Waals surface area contributed by atoms with Crippen LogP contribution in [0.2, 0.25) is 0 Å². The van der Waals surface area contributed by atoms with Crippen LogP contribution in [0.5, 0.6) is 0 Å². The average Bonchev–Trinajstić information content (AvgIpc) is 2.69. The maximum atomic E-state index is 16.7. The molecule has 0 aliphatic heterocycles. The molecule has 1 aromatic carbocycles. The van der Waals surface area contributed by atoms with Crippen LogP contribution in [-0.2, 0) is 14.9 Å². The van der Waals surface area contributed by atoms with E-state index in [2.05, 4.69) is 0 Å². The molecular formula is C20H25ClF2N2O4S. The molecule has 1 amide bonds. The molecule has 4 aliphatic carbocycles. The van der Waals surface area contributed by atoms with Gasteiger partial charge in [0.2, 0.25) is 0 Å². The molecule has 4 bridgehead atoms. The van der Waals surface area contributed by atoms with Gasteiger partial charge in [-0.2, -0.15) is 4.39 Å². The van der Waals surface area contributed by atoms with Gasteiger partial charge in [0.15, 0.2) is 0 Å². The SMILES string of the molecule is CN(C)S(=O)(=O)C(F)(ONC(=O)c1ccccc1)C12CC3CC(CC(F)(C3)C1Cl)C2. The van der Waals surface area contributed by atoms with E-state index in [9.17, 15) is 13.2 Å². The van der Waals surface area contributed by atoms with E-state index in [0.717, 1.165) is 0 Å². The van der Waals surface area contributed by atoms with Gasteiger partial charge in [0.05, 0.1) is 10.8 Å². The van der Waals surface area contributed by atoms with E-state index in [0.29, 0.717) is 10.7 Å². The highest BCUT2D eigenvalue weighted by molar-refractivity contribution is 7.90. The first-order valence-electron chi connectivity index (χ1n) is 9.92. The van der Waals surface area contributed by atoms with Crippen molar-refractivity contribution in [2.75, 3.05) is 14.1 Å². The Morgan fingerprint density at radius 2 is 1.77 bits per heavy atom. The number of carbonyl (C=O) groups excluding carboxylic acids is 1. The first-order valence-corrected chi connectivity index (χ1v) is 11.8. The van der Waals surface area contributed by atoms with E-state index in [1.165, 1.54) is 26.2 Å². The number of carbonyl (C=O) groups is 1. The van der Waals surface area contributed by atoms with Crippen molar-refractivity contribution in [3.8, 4) is 0 Å². The number of hydrogen-bond donors (Lipinski definition) is 1. The largest absolute Gasteiger partial charge is 0.352 e. The van der Waals surface area contributed by atoms with Crippen LogP contribution < -0.4 is 5.48 Å². The maximum absolute atomic E-state index is 16.7. The highest BCUT2D eigenvalue weighted by atomic mass is 35.5. The van der Waals surface area contributed by atoms with E-state index in [-0.39, 0.29) is 43.1 Å². The van der Waals surface area contributed by atoms with Gasteiger partial charge in [-0.05, 0) is 56.1 Å². The Hall–Kier alpha value is -1.29. The minimum atomic E-state index is -4.76. The minimum absolute atomic E-state index is 0.0775. The number of hydroxylamine groups is 1. The highest BCUT2D eigenvalue weighted by Crippen LogP contribution is 2.69. The minimum Gasteiger partial charge on any atom is -0.267 e. The van der Waals surface area contributed by atoms with Gasteiger partial charge in [-0.3, -0.25) is 4.79 Å². The van der Waals surface area contributed by atoms with Crippen LogP contribution >= 0.6 is 11.6 Å². The van der Waals surface area contributed by atoms with Crippen molar-refractivity contribution in [3.05, 3.63) is 35.9 Å². The summed E-state index contributed by atoms with van der Waals surface area (Å²) >= 11 is 6.51. The van der Waals surface area contributed by atoms with Crippen LogP contribution in [0.1, 0.15) is 42.5 Å². The molecule has 0 aromatic heterocycles. The molecule has 1 N–H and O–H groups in total. The van der Waals surface area contributed by atoms with Gasteiger partial charge >= 0.3 is 5.19 Å². The molecule has 4 fully saturated rings. The van der Waals surface area contributed by atoms with Crippen molar-refractivity contribution in [3.63, 3.8) is 0 Å². The standard InChI is InChI=1S/C20H25ClF2N2O4S/c1-25(2)30(27,28)20(23,29-24-16(26)15-6-4-3-5-7-15)18-9-13-8-14(10-18)12-19(22,11-13)17(18)21/h3-7,13-14,17H,8-12H2,1-2H3,(H,24,26). The summed E-state index contributed by atoms with van der Waals surface area (Å²) in [7, 11) is -2.42. The van der Waals surface area contributed by atoms with Gasteiger partial charge in [-0.15, -0.1) is 11.6 Å². The van der Waals surface area contributed by atoms with E-state index in [1.54, 1.807) is 18.2 Å². The lowest BCUT2D eigenvalue weighted by Gasteiger charge is -2.63. The van der Waals surface area contributed by atoms with Crippen LogP contribution in [0.4, 0.5) is 8.78 Å². The number of amides is 1. The van der Waals surface area contributed by atoms with E-state index in [1.807, 2.05) is 5.48 Å². The van der Waals surface area contributed by atoms with Gasteiger partial charge in [0.1, 0.15) is 5.67 Å². The molecule has 0 radical (unpaired) electrons. The predicted molar refractivity (Wildman–Crippen MR) is 107 cm³/mol. The van der Waals surface area contributed by atoms with Gasteiger partial charge in [-0.25, -0.2) is 27.4 Å². The molecule has 4 atom stereocenters. The molecule has 5 rings (SSSR count). The molecule has 0 spiro atoms. The van der Waals surface area contributed by atoms with Gasteiger partial charge < -0.3 is 0 Å². The Balaban J connectivity index is 1.74. The first kappa shape index (κ1) is 21.9. The molecule has 6 nitrogen and oxygen atoms in total. The van der Waals surface area contributed by atoms with Crippen LogP contribution in [0, 0.1) is 17.3 Å². The summed E-state index contributed by atoms with van der Waals surface area (Å²) in [5.41, 5.74) is -1.56. The summed E-state index contributed by atoms with van der Waals surface area (Å²) in [5, 5.41) is -4.82. The first-order chi connectivity index (χ1) is 14.0. The molecule has 10 heteroatoms. The van der Waals surface area contributed by atoms with Crippen molar-refractivity contribution >= 4 is 27.5 Å². The number of alkyl halides is 3. The van der Waals surface area contributed by atoms with E-state index >= 15 is 8.78 Å². The third-order valence-corrected chi connectivity index (χ3v) is 9.81. The molecule has 0 saturated heterocycles. The fourth-order valence-corrected chi connectivity index (χ4v) is 7.79. The Labute approximate surface area is 179 Å². The van der Waals surface area contributed by atoms with Gasteiger partial charge in [0.25, 0.3) is 15.9 Å². The quantitative estimate of drug-likeness (QED) is 0.519. The molecule has 4 saturated carbocycles. The number of hydrogen-bond acceptors (Lipinski definition) is 4. The lowest BCUT2D eigenvalue weighted by molar-refractivity contribution is -0.253. The third kappa shape index (κ3) is 3.00. The molecule has 30 heavy (non-hydrogen) atoms. The number of benzene rings is 1. The lowest BCUT2D eigenvalue weighted by atomic mass is 9.48. The number of sulfonamides is 1. The highest BCUT2D eigenvalue weighted by Gasteiger charge is 2.76. The van der Waals surface area contributed by atoms with Crippen molar-refractivity contribution in [1.82, 2.24) is 9.79 Å². The third-order valence-electron chi connectivity index (χ3n) is 6.89. The lowest BCUT2D eigenvalue weighted by Crippen LogP contribution is -2.72. The summed E-state index contributed by atoms with van der Waals surface area (Å²) in [6, 6.07) is 7.86. The number of nitrogens with one attached hydrogen (secondary N) is 1. The zero-order valence-electron chi connectivity index (χ0n) is 16.8. The Kier molecular flexibility index (Phi) is 5.20. The molecule has 0 heterocycles. The number of nitrogens with zero attached hydrogens (tertiary/aromatic N) is 1. The number of rotatable bonds is 6.